The Labute approximate surface area is 152 Å². The van der Waals surface area contributed by atoms with Crippen molar-refractivity contribution in [3.63, 3.8) is 0 Å². The first-order valence-electron chi connectivity index (χ1n) is 7.74. The maximum Gasteiger partial charge on any atom is 0.0956 e. The second-order valence-corrected chi connectivity index (χ2v) is 7.75. The fourth-order valence-electron chi connectivity index (χ4n) is 3.44. The lowest BCUT2D eigenvalue weighted by molar-refractivity contribution is 0.309. The molecule has 0 aliphatic carbocycles. The van der Waals surface area contributed by atoms with Gasteiger partial charge < -0.3 is 9.47 Å². The predicted molar refractivity (Wildman–Crippen MR) is 102 cm³/mol. The average Bonchev–Trinajstić information content (AvgIpc) is 3.02. The normalized spacial score (nSPS) is 14.7. The lowest BCUT2D eigenvalue weighted by Crippen LogP contribution is -2.27. The number of likely N-dealkylation sites (N-methyl/N-ethyl adjacent to an activating group) is 1. The SMILES string of the molecule is CN1CCc2c(c3sc(Cl)cc3n2CCc2ccccc2)C1.Cl. The van der Waals surface area contributed by atoms with Crippen LogP contribution < -0.4 is 0 Å². The number of nitrogens with zero attached hydrogens (tertiary/aromatic N) is 2. The van der Waals surface area contributed by atoms with Gasteiger partial charge in [-0.2, -0.15) is 0 Å². The van der Waals surface area contributed by atoms with Crippen molar-refractivity contribution < 1.29 is 0 Å². The Morgan fingerprint density at radius 1 is 1.22 bits per heavy atom. The molecule has 3 heterocycles. The van der Waals surface area contributed by atoms with Gasteiger partial charge in [0, 0.05) is 37.3 Å². The third-order valence-electron chi connectivity index (χ3n) is 4.55. The summed E-state index contributed by atoms with van der Waals surface area (Å²) in [5, 5.41) is 0. The highest BCUT2D eigenvalue weighted by Crippen LogP contribution is 2.38. The van der Waals surface area contributed by atoms with Crippen LogP contribution in [0.5, 0.6) is 0 Å². The second kappa shape index (κ2) is 6.86. The summed E-state index contributed by atoms with van der Waals surface area (Å²) < 4.78 is 4.79. The van der Waals surface area contributed by atoms with E-state index in [1.165, 1.54) is 27.0 Å². The second-order valence-electron chi connectivity index (χ2n) is 6.07. The molecule has 0 spiro atoms. The number of aromatic nitrogens is 1. The number of rotatable bonds is 3. The van der Waals surface area contributed by atoms with Gasteiger partial charge in [0.2, 0.25) is 0 Å². The number of hydrogen-bond donors (Lipinski definition) is 0. The molecule has 5 heteroatoms. The molecule has 0 saturated heterocycles. The van der Waals surface area contributed by atoms with Crippen LogP contribution in [0, 0.1) is 0 Å². The van der Waals surface area contributed by atoms with Crippen LogP contribution in [-0.4, -0.2) is 23.1 Å². The van der Waals surface area contributed by atoms with Crippen LogP contribution in [0.4, 0.5) is 0 Å². The van der Waals surface area contributed by atoms with Gasteiger partial charge in [-0.05, 0) is 25.1 Å². The van der Waals surface area contributed by atoms with Crippen molar-refractivity contribution in [3.8, 4) is 0 Å². The van der Waals surface area contributed by atoms with Crippen LogP contribution in [0.25, 0.3) is 10.2 Å². The number of halogens is 2. The zero-order valence-corrected chi connectivity index (χ0v) is 15.5. The van der Waals surface area contributed by atoms with Gasteiger partial charge >= 0.3 is 0 Å². The molecule has 2 aromatic heterocycles. The molecule has 0 atom stereocenters. The van der Waals surface area contributed by atoms with Gasteiger partial charge in [-0.3, -0.25) is 0 Å². The Morgan fingerprint density at radius 2 is 2.00 bits per heavy atom. The third kappa shape index (κ3) is 3.16. The van der Waals surface area contributed by atoms with Gasteiger partial charge in [0.1, 0.15) is 0 Å². The smallest absolute Gasteiger partial charge is 0.0956 e. The number of benzene rings is 1. The lowest BCUT2D eigenvalue weighted by Gasteiger charge is -2.24. The molecule has 3 aromatic rings. The minimum Gasteiger partial charge on any atom is -0.343 e. The molecule has 1 aliphatic rings. The van der Waals surface area contributed by atoms with E-state index >= 15 is 0 Å². The highest BCUT2D eigenvalue weighted by atomic mass is 35.5. The van der Waals surface area contributed by atoms with E-state index in [4.69, 9.17) is 11.6 Å². The van der Waals surface area contributed by atoms with Gasteiger partial charge in [0.05, 0.1) is 14.6 Å². The highest BCUT2D eigenvalue weighted by Gasteiger charge is 2.23. The minimum atomic E-state index is 0. The molecule has 0 unspecified atom stereocenters. The van der Waals surface area contributed by atoms with Crippen molar-refractivity contribution in [3.05, 3.63) is 57.6 Å². The number of hydrogen-bond acceptors (Lipinski definition) is 2. The van der Waals surface area contributed by atoms with Crippen molar-refractivity contribution >= 4 is 45.6 Å². The molecule has 1 aliphatic heterocycles. The van der Waals surface area contributed by atoms with E-state index in [1.807, 2.05) is 0 Å². The van der Waals surface area contributed by atoms with E-state index in [0.29, 0.717) is 0 Å². The molecule has 4 rings (SSSR count). The summed E-state index contributed by atoms with van der Waals surface area (Å²) in [4.78, 5) is 2.40. The Bertz CT molecular complexity index is 807. The molecular formula is C18H20Cl2N2S. The fraction of sp³-hybridized carbons (Fsp3) is 0.333. The van der Waals surface area contributed by atoms with Crippen LogP contribution in [-0.2, 0) is 25.9 Å². The van der Waals surface area contributed by atoms with E-state index in [0.717, 1.165) is 36.8 Å². The standard InChI is InChI=1S/C18H19ClN2S.ClH/c1-20-9-8-15-14(12-20)18-16(11-17(19)22-18)21(15)10-7-13-5-3-2-4-6-13;/h2-6,11H,7-10,12H2,1H3;1H. The van der Waals surface area contributed by atoms with Gasteiger partial charge in [-0.1, -0.05) is 41.9 Å². The summed E-state index contributed by atoms with van der Waals surface area (Å²) in [6.07, 6.45) is 2.21. The van der Waals surface area contributed by atoms with Crippen LogP contribution in [0.2, 0.25) is 4.34 Å². The monoisotopic (exact) mass is 366 g/mol. The summed E-state index contributed by atoms with van der Waals surface area (Å²) in [5.74, 6) is 0. The Balaban J connectivity index is 0.00000156. The Morgan fingerprint density at radius 3 is 2.78 bits per heavy atom. The molecule has 0 bridgehead atoms. The van der Waals surface area contributed by atoms with Crippen molar-refractivity contribution in [2.75, 3.05) is 13.6 Å². The highest BCUT2D eigenvalue weighted by molar-refractivity contribution is 7.22. The third-order valence-corrected chi connectivity index (χ3v) is 5.86. The molecule has 0 amide bonds. The first-order valence-corrected chi connectivity index (χ1v) is 8.93. The molecule has 0 fully saturated rings. The Hall–Kier alpha value is -1.00. The zero-order chi connectivity index (χ0) is 15.1. The first-order chi connectivity index (χ1) is 10.7. The minimum absolute atomic E-state index is 0. The summed E-state index contributed by atoms with van der Waals surface area (Å²) in [6, 6.07) is 12.9. The molecule has 1 aromatic carbocycles. The van der Waals surface area contributed by atoms with Crippen LogP contribution >= 0.6 is 35.3 Å². The summed E-state index contributed by atoms with van der Waals surface area (Å²) in [7, 11) is 2.20. The number of aryl methyl sites for hydroxylation is 2. The molecule has 0 saturated carbocycles. The fourth-order valence-corrected chi connectivity index (χ4v) is 4.72. The van der Waals surface area contributed by atoms with Crippen LogP contribution in [0.1, 0.15) is 16.8 Å². The quantitative estimate of drug-likeness (QED) is 0.632. The zero-order valence-electron chi connectivity index (χ0n) is 13.1. The van der Waals surface area contributed by atoms with E-state index in [1.54, 1.807) is 11.3 Å². The number of fused-ring (bicyclic) bond motifs is 3. The first kappa shape index (κ1) is 16.8. The van der Waals surface area contributed by atoms with Gasteiger partial charge in [-0.15, -0.1) is 23.7 Å². The van der Waals surface area contributed by atoms with E-state index in [-0.39, 0.29) is 12.4 Å². The summed E-state index contributed by atoms with van der Waals surface area (Å²) >= 11 is 8.01. The predicted octanol–water partition coefficient (Wildman–Crippen LogP) is 5.01. The van der Waals surface area contributed by atoms with Gasteiger partial charge in [-0.25, -0.2) is 0 Å². The largest absolute Gasteiger partial charge is 0.343 e. The Kier molecular flexibility index (Phi) is 5.02. The molecule has 23 heavy (non-hydrogen) atoms. The molecule has 0 radical (unpaired) electrons. The lowest BCUT2D eigenvalue weighted by atomic mass is 10.1. The number of thiophene rings is 1. The van der Waals surface area contributed by atoms with Crippen molar-refractivity contribution in [2.24, 2.45) is 0 Å². The molecule has 2 nitrogen and oxygen atoms in total. The van der Waals surface area contributed by atoms with Crippen LogP contribution in [0.3, 0.4) is 0 Å². The summed E-state index contributed by atoms with van der Waals surface area (Å²) in [5.41, 5.74) is 5.74. The topological polar surface area (TPSA) is 8.17 Å². The van der Waals surface area contributed by atoms with E-state index < -0.39 is 0 Å². The van der Waals surface area contributed by atoms with Crippen molar-refractivity contribution in [1.82, 2.24) is 9.47 Å². The van der Waals surface area contributed by atoms with Gasteiger partial charge in [0.15, 0.2) is 0 Å². The van der Waals surface area contributed by atoms with Crippen molar-refractivity contribution in [1.29, 1.82) is 0 Å². The summed E-state index contributed by atoms with van der Waals surface area (Å²) in [6.45, 7) is 3.22. The molecular weight excluding hydrogens is 347 g/mol. The van der Waals surface area contributed by atoms with Crippen molar-refractivity contribution in [2.45, 2.75) is 25.9 Å². The molecule has 0 N–H and O–H groups in total. The average molecular weight is 367 g/mol. The van der Waals surface area contributed by atoms with E-state index in [2.05, 4.69) is 52.9 Å². The van der Waals surface area contributed by atoms with E-state index in [9.17, 15) is 0 Å². The van der Waals surface area contributed by atoms with Crippen LogP contribution in [0.15, 0.2) is 36.4 Å². The maximum atomic E-state index is 6.28. The maximum absolute atomic E-state index is 6.28. The van der Waals surface area contributed by atoms with Gasteiger partial charge in [0.25, 0.3) is 0 Å². The molecule has 122 valence electrons.